The highest BCUT2D eigenvalue weighted by Gasteiger charge is 2.39. The van der Waals surface area contributed by atoms with Crippen LogP contribution in [0.25, 0.3) is 0 Å². The Labute approximate surface area is 339 Å². The molecule has 0 aromatic rings. The second kappa shape index (κ2) is 33.0. The Bertz CT molecular complexity index is 1130. The maximum atomic E-state index is 12.5. The molecule has 1 saturated carbocycles. The quantitative estimate of drug-likeness (QED) is 0.0205. The summed E-state index contributed by atoms with van der Waals surface area (Å²) in [6.07, 6.45) is 29.8. The minimum Gasteiger partial charge on any atom is -0.462 e. The highest BCUT2D eigenvalue weighted by atomic mass is 31.2. The van der Waals surface area contributed by atoms with Crippen LogP contribution in [0, 0.1) is 17.8 Å². The maximum Gasteiger partial charge on any atom is 0.469 e. The first-order chi connectivity index (χ1) is 26.8. The van der Waals surface area contributed by atoms with Crippen molar-refractivity contribution in [1.29, 1.82) is 0 Å². The molecule has 0 radical (unpaired) electrons. The molecule has 4 N–H and O–H groups in total. The predicted octanol–water partition coefficient (Wildman–Crippen LogP) is 10.0. The molecule has 0 aliphatic heterocycles. The van der Waals surface area contributed by atoms with Crippen molar-refractivity contribution in [2.45, 2.75) is 206 Å². The molecule has 12 heteroatoms. The molecule has 0 bridgehead atoms. The number of esters is 2. The van der Waals surface area contributed by atoms with Gasteiger partial charge in [-0.15, -0.1) is 0 Å². The smallest absolute Gasteiger partial charge is 0.462 e. The van der Waals surface area contributed by atoms with Crippen LogP contribution in [-0.2, 0) is 32.9 Å². The van der Waals surface area contributed by atoms with E-state index in [1.807, 2.05) is 12.2 Å². The van der Waals surface area contributed by atoms with E-state index in [-0.39, 0.29) is 43.5 Å². The van der Waals surface area contributed by atoms with Gasteiger partial charge in [0.15, 0.2) is 6.10 Å². The van der Waals surface area contributed by atoms with Crippen molar-refractivity contribution >= 4 is 25.5 Å². The van der Waals surface area contributed by atoms with Crippen LogP contribution in [0.5, 0.6) is 0 Å². The van der Waals surface area contributed by atoms with Crippen molar-refractivity contribution in [3.63, 3.8) is 0 Å². The fraction of sp³-hybridized carbons (Fsp3) is 0.841. The molecule has 1 fully saturated rings. The van der Waals surface area contributed by atoms with Crippen LogP contribution in [0.2, 0.25) is 0 Å². The minimum atomic E-state index is -4.83. The van der Waals surface area contributed by atoms with Crippen LogP contribution in [0.15, 0.2) is 24.3 Å². The maximum absolute atomic E-state index is 12.5. The van der Waals surface area contributed by atoms with E-state index in [9.17, 15) is 29.2 Å². The number of hydrogen-bond donors (Lipinski definition) is 4. The van der Waals surface area contributed by atoms with Gasteiger partial charge in [-0.2, -0.15) is 0 Å². The van der Waals surface area contributed by atoms with Crippen LogP contribution in [-0.4, -0.2) is 69.2 Å². The first-order valence-corrected chi connectivity index (χ1v) is 23.6. The molecule has 56 heavy (non-hydrogen) atoms. The van der Waals surface area contributed by atoms with Gasteiger partial charge in [-0.1, -0.05) is 161 Å². The molecule has 11 nitrogen and oxygen atoms in total. The van der Waals surface area contributed by atoms with Crippen molar-refractivity contribution in [3.05, 3.63) is 24.3 Å². The van der Waals surface area contributed by atoms with E-state index in [0.29, 0.717) is 32.1 Å². The summed E-state index contributed by atoms with van der Waals surface area (Å²) in [5.41, 5.74) is 0. The lowest BCUT2D eigenvalue weighted by atomic mass is 9.90. The van der Waals surface area contributed by atoms with Gasteiger partial charge in [0.25, 0.3) is 0 Å². The molecule has 0 aromatic heterocycles. The van der Waals surface area contributed by atoms with E-state index >= 15 is 0 Å². The van der Waals surface area contributed by atoms with Crippen LogP contribution < -0.4 is 0 Å². The van der Waals surface area contributed by atoms with Crippen LogP contribution in [0.4, 0.5) is 0 Å². The summed E-state index contributed by atoms with van der Waals surface area (Å²) >= 11 is 0. The molecule has 326 valence electrons. The van der Waals surface area contributed by atoms with E-state index < -0.39 is 44.7 Å². The summed E-state index contributed by atoms with van der Waals surface area (Å²) in [4.78, 5) is 55.6. The number of Topliss-reactive ketones (excluding diaryl/α,β-unsaturated/α-hetero) is 1. The number of hydrogen-bond acceptors (Lipinski definition) is 9. The fourth-order valence-electron chi connectivity index (χ4n) is 7.13. The molecule has 1 rings (SSSR count). The minimum absolute atomic E-state index is 0.0137. The summed E-state index contributed by atoms with van der Waals surface area (Å²) in [5.74, 6) is -0.996. The number of allylic oxidation sites excluding steroid dienone is 2. The molecule has 0 heterocycles. The highest BCUT2D eigenvalue weighted by molar-refractivity contribution is 7.46. The Balaban J connectivity index is 2.25. The zero-order valence-electron chi connectivity index (χ0n) is 35.2. The molecule has 1 aliphatic rings. The molecule has 0 saturated heterocycles. The highest BCUT2D eigenvalue weighted by Crippen LogP contribution is 2.36. The van der Waals surface area contributed by atoms with Gasteiger partial charge in [0.2, 0.25) is 0 Å². The first kappa shape index (κ1) is 52.1. The van der Waals surface area contributed by atoms with Gasteiger partial charge in [0.1, 0.15) is 12.4 Å². The number of ether oxygens (including phenoxy) is 2. The summed E-state index contributed by atoms with van der Waals surface area (Å²) in [6.45, 7) is 5.71. The predicted molar refractivity (Wildman–Crippen MR) is 222 cm³/mol. The van der Waals surface area contributed by atoms with E-state index in [4.69, 9.17) is 19.3 Å². The second-order valence-corrected chi connectivity index (χ2v) is 17.5. The van der Waals surface area contributed by atoms with Crippen molar-refractivity contribution in [3.8, 4) is 0 Å². The molecule has 0 unspecified atom stereocenters. The molecule has 0 spiro atoms. The van der Waals surface area contributed by atoms with E-state index in [2.05, 4.69) is 25.3 Å². The van der Waals surface area contributed by atoms with Gasteiger partial charge in [-0.3, -0.25) is 18.9 Å². The van der Waals surface area contributed by atoms with Gasteiger partial charge in [0, 0.05) is 31.1 Å². The number of phosphoric ester groups is 1. The van der Waals surface area contributed by atoms with Gasteiger partial charge in [-0.25, -0.2) is 4.57 Å². The third-order valence-corrected chi connectivity index (χ3v) is 11.0. The second-order valence-electron chi connectivity index (χ2n) is 16.3. The van der Waals surface area contributed by atoms with Gasteiger partial charge >= 0.3 is 19.8 Å². The van der Waals surface area contributed by atoms with Gasteiger partial charge < -0.3 is 29.5 Å². The lowest BCUT2D eigenvalue weighted by Gasteiger charge is -2.18. The summed E-state index contributed by atoms with van der Waals surface area (Å²) < 4.78 is 26.4. The normalized spacial score (nSPS) is 18.7. The van der Waals surface area contributed by atoms with Crippen molar-refractivity contribution < 1.29 is 52.9 Å². The van der Waals surface area contributed by atoms with E-state index in [0.717, 1.165) is 44.4 Å². The number of rotatable bonds is 36. The molecule has 5 atom stereocenters. The molecular weight excluding hydrogens is 735 g/mol. The Morgan fingerprint density at radius 2 is 1.32 bits per heavy atom. The summed E-state index contributed by atoms with van der Waals surface area (Å²) in [7, 11) is -4.83. The number of aliphatic hydroxyl groups excluding tert-OH is 2. The van der Waals surface area contributed by atoms with Crippen LogP contribution in [0.1, 0.15) is 188 Å². The van der Waals surface area contributed by atoms with Crippen molar-refractivity contribution in [2.24, 2.45) is 17.8 Å². The van der Waals surface area contributed by atoms with Crippen LogP contribution >= 0.6 is 7.82 Å². The molecule has 0 aromatic carbocycles. The Morgan fingerprint density at radius 3 is 1.89 bits per heavy atom. The van der Waals surface area contributed by atoms with E-state index in [1.54, 1.807) is 12.2 Å². The fourth-order valence-corrected chi connectivity index (χ4v) is 7.49. The number of phosphoric acid groups is 1. The average Bonchev–Trinajstić information content (AvgIpc) is 3.41. The lowest BCUT2D eigenvalue weighted by molar-refractivity contribution is -0.161. The van der Waals surface area contributed by atoms with Crippen molar-refractivity contribution in [1.82, 2.24) is 0 Å². The van der Waals surface area contributed by atoms with Crippen molar-refractivity contribution in [2.75, 3.05) is 13.2 Å². The largest absolute Gasteiger partial charge is 0.469 e. The molecular formula is C44H79O11P. The monoisotopic (exact) mass is 815 g/mol. The number of aliphatic hydroxyl groups is 2. The van der Waals surface area contributed by atoms with Crippen LogP contribution in [0.3, 0.4) is 0 Å². The molecule has 1 aliphatic carbocycles. The standard InChI is InChI=1S/C44H79O11P/c1-4-5-21-27-37(45)31-32-40-39(41(46)33-42(40)47)28-23-19-20-25-30-44(49)55-38(35-54-56(50,51)52)34-53-43(48)29-24-18-16-14-12-10-8-6-7-9-11-13-15-17-22-26-36(2)3/h19,23,31-32,36-40,42,45,47H,4-18,20-22,24-30,33-35H2,1-3H3,(H2,50,51,52)/b23-19-,32-31+/t37-,38+,39+,40+,42+/m0/s1. The molecule has 0 amide bonds. The topological polar surface area (TPSA) is 177 Å². The van der Waals surface area contributed by atoms with Gasteiger partial charge in [0.05, 0.1) is 18.8 Å². The Hall–Kier alpha value is -1.88. The Kier molecular flexibility index (Phi) is 30.7. The Morgan fingerprint density at radius 1 is 0.768 bits per heavy atom. The average molecular weight is 815 g/mol. The summed E-state index contributed by atoms with van der Waals surface area (Å²) in [5, 5.41) is 20.6. The van der Waals surface area contributed by atoms with E-state index in [1.165, 1.54) is 77.0 Å². The van der Waals surface area contributed by atoms with Gasteiger partial charge in [-0.05, 0) is 38.0 Å². The third-order valence-electron chi connectivity index (χ3n) is 10.5. The lowest BCUT2D eigenvalue weighted by Crippen LogP contribution is -2.29. The summed E-state index contributed by atoms with van der Waals surface area (Å²) in [6, 6.07) is 0. The number of carbonyl (C=O) groups is 3. The zero-order valence-corrected chi connectivity index (χ0v) is 36.1. The SMILES string of the molecule is CCCCC[C@H](O)/C=C/[C@H]1[C@H](O)CC(=O)[C@@H]1C/C=C\CCCC(=O)O[C@H](COC(=O)CCCCCCCCCCCCCCCCCC(C)C)COP(=O)(O)O. The number of unbranched alkanes of at least 4 members (excludes halogenated alkanes) is 17. The number of carbonyl (C=O) groups excluding carboxylic acids is 3. The first-order valence-electron chi connectivity index (χ1n) is 22.1. The zero-order chi connectivity index (χ0) is 41.4. The third kappa shape index (κ3) is 29.4. The number of ketones is 1.